The molecule has 0 saturated heterocycles. The molecule has 0 heterocycles. The zero-order chi connectivity index (χ0) is 15.9. The van der Waals surface area contributed by atoms with Crippen molar-refractivity contribution in [3.05, 3.63) is 0 Å². The molecule has 0 spiro atoms. The Morgan fingerprint density at radius 2 is 1.25 bits per heavy atom. The van der Waals surface area contributed by atoms with Crippen LogP contribution in [0.3, 0.4) is 0 Å². The van der Waals surface area contributed by atoms with Crippen molar-refractivity contribution in [2.45, 2.75) is 45.8 Å². The number of carbonyl (C=O) groups is 4. The smallest absolute Gasteiger partial charge is 0.242 e. The van der Waals surface area contributed by atoms with Gasteiger partial charge in [-0.2, -0.15) is 0 Å². The zero-order valence-corrected chi connectivity index (χ0v) is 12.7. The number of nitrogens with one attached hydrogen (secondary N) is 3. The van der Waals surface area contributed by atoms with E-state index in [2.05, 4.69) is 16.0 Å². The number of Topliss-reactive ketones (excluding diaryl/α,β-unsaturated/α-hetero) is 1. The SMILES string of the molecule is CC(=O)N[C@@H](C)C(=O)N[C@@H](C)C(=O)NC(C)C(=O)CCl. The highest BCUT2D eigenvalue weighted by molar-refractivity contribution is 6.28. The average molecular weight is 306 g/mol. The van der Waals surface area contributed by atoms with Crippen molar-refractivity contribution in [2.24, 2.45) is 0 Å². The third-order valence-electron chi connectivity index (χ3n) is 2.54. The van der Waals surface area contributed by atoms with E-state index < -0.39 is 29.9 Å². The maximum atomic E-state index is 11.7. The summed E-state index contributed by atoms with van der Waals surface area (Å²) >= 11 is 5.37. The molecule has 0 aromatic heterocycles. The van der Waals surface area contributed by atoms with Gasteiger partial charge in [0.05, 0.1) is 11.9 Å². The van der Waals surface area contributed by atoms with Crippen molar-refractivity contribution in [1.82, 2.24) is 16.0 Å². The van der Waals surface area contributed by atoms with Crippen molar-refractivity contribution in [3.8, 4) is 0 Å². The molecule has 0 saturated carbocycles. The van der Waals surface area contributed by atoms with E-state index in [1.54, 1.807) is 0 Å². The van der Waals surface area contributed by atoms with Gasteiger partial charge in [-0.05, 0) is 20.8 Å². The van der Waals surface area contributed by atoms with E-state index in [4.69, 9.17) is 11.6 Å². The van der Waals surface area contributed by atoms with Gasteiger partial charge in [-0.1, -0.05) is 0 Å². The number of amides is 3. The molecule has 0 aliphatic heterocycles. The summed E-state index contributed by atoms with van der Waals surface area (Å²) in [6, 6.07) is -2.29. The van der Waals surface area contributed by atoms with Gasteiger partial charge in [-0.3, -0.25) is 19.2 Å². The van der Waals surface area contributed by atoms with E-state index in [-0.39, 0.29) is 17.6 Å². The molecule has 7 nitrogen and oxygen atoms in total. The number of hydrogen-bond donors (Lipinski definition) is 3. The second kappa shape index (κ2) is 8.52. The standard InChI is InChI=1S/C12H20ClN3O4/c1-6(10(18)5-13)15-12(20)8(3)16-11(19)7(2)14-9(4)17/h6-8H,5H2,1-4H3,(H,14,17)(H,15,20)(H,16,19)/t6?,7-,8-/m0/s1. The monoisotopic (exact) mass is 305 g/mol. The van der Waals surface area contributed by atoms with Gasteiger partial charge in [0, 0.05) is 6.92 Å². The molecule has 0 radical (unpaired) electrons. The van der Waals surface area contributed by atoms with Gasteiger partial charge in [-0.25, -0.2) is 0 Å². The van der Waals surface area contributed by atoms with Crippen LogP contribution >= 0.6 is 11.6 Å². The summed E-state index contributed by atoms with van der Waals surface area (Å²) in [6.07, 6.45) is 0. The largest absolute Gasteiger partial charge is 0.345 e. The van der Waals surface area contributed by atoms with Crippen LogP contribution < -0.4 is 16.0 Å². The first kappa shape index (κ1) is 18.4. The highest BCUT2D eigenvalue weighted by Crippen LogP contribution is 1.92. The third kappa shape index (κ3) is 6.51. The van der Waals surface area contributed by atoms with E-state index >= 15 is 0 Å². The lowest BCUT2D eigenvalue weighted by Gasteiger charge is -2.19. The summed E-state index contributed by atoms with van der Waals surface area (Å²) in [5, 5.41) is 7.28. The Bertz CT molecular complexity index is 400. The number of alkyl halides is 1. The van der Waals surface area contributed by atoms with Crippen LogP contribution in [0, 0.1) is 0 Å². The van der Waals surface area contributed by atoms with Crippen LogP contribution in [0.25, 0.3) is 0 Å². The van der Waals surface area contributed by atoms with Crippen LogP contribution in [0.1, 0.15) is 27.7 Å². The Hall–Kier alpha value is -1.63. The van der Waals surface area contributed by atoms with Crippen LogP contribution in [-0.4, -0.2) is 47.5 Å². The summed E-state index contributed by atoms with van der Waals surface area (Å²) in [5.41, 5.74) is 0. The first-order valence-electron chi connectivity index (χ1n) is 6.15. The maximum Gasteiger partial charge on any atom is 0.242 e. The minimum absolute atomic E-state index is 0.193. The second-order valence-electron chi connectivity index (χ2n) is 4.48. The molecule has 0 bridgehead atoms. The second-order valence-corrected chi connectivity index (χ2v) is 4.75. The molecule has 3 amide bonds. The fourth-order valence-corrected chi connectivity index (χ4v) is 1.54. The summed E-state index contributed by atoms with van der Waals surface area (Å²) in [6.45, 7) is 5.78. The van der Waals surface area contributed by atoms with Crippen LogP contribution in [0.5, 0.6) is 0 Å². The fourth-order valence-electron chi connectivity index (χ4n) is 1.31. The van der Waals surface area contributed by atoms with Crippen LogP contribution in [0.2, 0.25) is 0 Å². The molecule has 3 N–H and O–H groups in total. The summed E-state index contributed by atoms with van der Waals surface area (Å²) in [7, 11) is 0. The highest BCUT2D eigenvalue weighted by atomic mass is 35.5. The fraction of sp³-hybridized carbons (Fsp3) is 0.667. The Kier molecular flexibility index (Phi) is 7.83. The Morgan fingerprint density at radius 3 is 1.65 bits per heavy atom. The van der Waals surface area contributed by atoms with Gasteiger partial charge in [0.2, 0.25) is 17.7 Å². The van der Waals surface area contributed by atoms with Gasteiger partial charge in [0.25, 0.3) is 0 Å². The number of rotatable bonds is 7. The van der Waals surface area contributed by atoms with E-state index in [1.807, 2.05) is 0 Å². The van der Waals surface area contributed by atoms with Gasteiger partial charge in [-0.15, -0.1) is 11.6 Å². The molecular weight excluding hydrogens is 286 g/mol. The Labute approximate surface area is 122 Å². The summed E-state index contributed by atoms with van der Waals surface area (Å²) in [5.74, 6) is -1.84. The topological polar surface area (TPSA) is 104 Å². The quantitative estimate of drug-likeness (QED) is 0.542. The molecule has 8 heteroatoms. The average Bonchev–Trinajstić information content (AvgIpc) is 2.36. The van der Waals surface area contributed by atoms with Crippen molar-refractivity contribution in [1.29, 1.82) is 0 Å². The number of carbonyl (C=O) groups excluding carboxylic acids is 4. The van der Waals surface area contributed by atoms with E-state index in [0.29, 0.717) is 0 Å². The first-order chi connectivity index (χ1) is 9.18. The molecule has 3 atom stereocenters. The van der Waals surface area contributed by atoms with E-state index in [0.717, 1.165) is 0 Å². The predicted octanol–water partition coefficient (Wildman–Crippen LogP) is -0.672. The first-order valence-corrected chi connectivity index (χ1v) is 6.69. The van der Waals surface area contributed by atoms with Crippen molar-refractivity contribution in [2.75, 3.05) is 5.88 Å². The Morgan fingerprint density at radius 1 is 0.850 bits per heavy atom. The Balaban J connectivity index is 4.35. The van der Waals surface area contributed by atoms with Gasteiger partial charge < -0.3 is 16.0 Å². The molecule has 0 aliphatic carbocycles. The van der Waals surface area contributed by atoms with Crippen molar-refractivity contribution >= 4 is 35.1 Å². The summed E-state index contributed by atoms with van der Waals surface area (Å²) in [4.78, 5) is 45.5. The highest BCUT2D eigenvalue weighted by Gasteiger charge is 2.22. The van der Waals surface area contributed by atoms with Crippen LogP contribution in [-0.2, 0) is 19.2 Å². The molecule has 0 aromatic carbocycles. The lowest BCUT2D eigenvalue weighted by atomic mass is 10.2. The molecule has 0 aliphatic rings. The molecule has 1 unspecified atom stereocenters. The van der Waals surface area contributed by atoms with Crippen LogP contribution in [0.15, 0.2) is 0 Å². The minimum Gasteiger partial charge on any atom is -0.345 e. The predicted molar refractivity (Wildman–Crippen MR) is 74.2 cm³/mol. The van der Waals surface area contributed by atoms with E-state index in [1.165, 1.54) is 27.7 Å². The number of halogens is 1. The van der Waals surface area contributed by atoms with Crippen LogP contribution in [0.4, 0.5) is 0 Å². The summed E-state index contributed by atoms with van der Waals surface area (Å²) < 4.78 is 0. The molecule has 0 rings (SSSR count). The number of hydrogen-bond acceptors (Lipinski definition) is 4. The van der Waals surface area contributed by atoms with Gasteiger partial charge in [0.15, 0.2) is 5.78 Å². The molecule has 0 fully saturated rings. The lowest BCUT2D eigenvalue weighted by molar-refractivity contribution is -0.132. The molecule has 114 valence electrons. The molecule has 0 aromatic rings. The van der Waals surface area contributed by atoms with Gasteiger partial charge >= 0.3 is 0 Å². The molecular formula is C12H20ClN3O4. The molecule has 20 heavy (non-hydrogen) atoms. The minimum atomic E-state index is -0.829. The zero-order valence-electron chi connectivity index (χ0n) is 12.0. The van der Waals surface area contributed by atoms with Crippen molar-refractivity contribution < 1.29 is 19.2 Å². The van der Waals surface area contributed by atoms with E-state index in [9.17, 15) is 19.2 Å². The third-order valence-corrected chi connectivity index (χ3v) is 2.80. The normalized spacial score (nSPS) is 14.7. The number of ketones is 1. The lowest BCUT2D eigenvalue weighted by Crippen LogP contribution is -2.53. The maximum absolute atomic E-state index is 11.7. The van der Waals surface area contributed by atoms with Crippen molar-refractivity contribution in [3.63, 3.8) is 0 Å². The van der Waals surface area contributed by atoms with Gasteiger partial charge in [0.1, 0.15) is 12.1 Å².